The highest BCUT2D eigenvalue weighted by Gasteiger charge is 2.02. The van der Waals surface area contributed by atoms with Crippen molar-refractivity contribution in [3.05, 3.63) is 0 Å². The molecular formula is C6H15N3O. The lowest BCUT2D eigenvalue weighted by molar-refractivity contribution is -0.120. The van der Waals surface area contributed by atoms with E-state index < -0.39 is 0 Å². The molecule has 0 saturated heterocycles. The first kappa shape index (κ1) is 9.39. The van der Waals surface area contributed by atoms with Crippen LogP contribution in [-0.2, 0) is 4.79 Å². The minimum absolute atomic E-state index is 0.0135. The molecule has 1 amide bonds. The summed E-state index contributed by atoms with van der Waals surface area (Å²) in [6, 6.07) is 0.0702. The summed E-state index contributed by atoms with van der Waals surface area (Å²) in [5.74, 6) is -0.0135. The second-order valence-corrected chi connectivity index (χ2v) is 2.23. The van der Waals surface area contributed by atoms with Gasteiger partial charge in [-0.25, -0.2) is 0 Å². The molecule has 0 bridgehead atoms. The number of carbonyl (C=O) groups excluding carboxylic acids is 1. The topological polar surface area (TPSA) is 67.2 Å². The summed E-state index contributed by atoms with van der Waals surface area (Å²) in [5.41, 5.74) is 5.28. The Morgan fingerprint density at radius 2 is 2.30 bits per heavy atom. The third-order valence-corrected chi connectivity index (χ3v) is 1.10. The van der Waals surface area contributed by atoms with E-state index in [1.54, 1.807) is 7.05 Å². The Balaban J connectivity index is 3.37. The molecular weight excluding hydrogens is 130 g/mol. The van der Waals surface area contributed by atoms with E-state index in [0.29, 0.717) is 13.1 Å². The Morgan fingerprint density at radius 1 is 1.70 bits per heavy atom. The van der Waals surface area contributed by atoms with Gasteiger partial charge in [-0.2, -0.15) is 0 Å². The number of nitrogens with two attached hydrogens (primary N) is 1. The molecule has 0 heterocycles. The molecule has 0 spiro atoms. The smallest absolute Gasteiger partial charge is 0.234 e. The molecule has 0 fully saturated rings. The molecule has 1 atom stereocenters. The van der Waals surface area contributed by atoms with E-state index in [-0.39, 0.29) is 11.9 Å². The van der Waals surface area contributed by atoms with Crippen molar-refractivity contribution < 1.29 is 4.79 Å². The van der Waals surface area contributed by atoms with Crippen LogP contribution in [0.1, 0.15) is 6.92 Å². The first-order valence-corrected chi connectivity index (χ1v) is 3.34. The summed E-state index contributed by atoms with van der Waals surface area (Å²) >= 11 is 0. The molecule has 0 radical (unpaired) electrons. The van der Waals surface area contributed by atoms with Gasteiger partial charge in [0.1, 0.15) is 0 Å². The van der Waals surface area contributed by atoms with E-state index in [9.17, 15) is 4.79 Å². The molecule has 0 aromatic carbocycles. The zero-order valence-corrected chi connectivity index (χ0v) is 6.48. The van der Waals surface area contributed by atoms with Crippen molar-refractivity contribution in [1.82, 2.24) is 10.6 Å². The van der Waals surface area contributed by atoms with Crippen molar-refractivity contribution >= 4 is 5.91 Å². The minimum atomic E-state index is -0.0135. The lowest BCUT2D eigenvalue weighted by Crippen LogP contribution is -2.41. The maximum atomic E-state index is 10.8. The van der Waals surface area contributed by atoms with Gasteiger partial charge in [0.05, 0.1) is 6.54 Å². The zero-order valence-electron chi connectivity index (χ0n) is 6.48. The van der Waals surface area contributed by atoms with Crippen LogP contribution >= 0.6 is 0 Å². The van der Waals surface area contributed by atoms with Gasteiger partial charge >= 0.3 is 0 Å². The Hall–Kier alpha value is -0.610. The van der Waals surface area contributed by atoms with Gasteiger partial charge in [0.25, 0.3) is 0 Å². The fourth-order valence-electron chi connectivity index (χ4n) is 0.545. The number of nitrogens with one attached hydrogen (secondary N) is 2. The van der Waals surface area contributed by atoms with Crippen LogP contribution < -0.4 is 16.4 Å². The molecule has 0 aromatic rings. The number of likely N-dealkylation sites (N-methyl/N-ethyl adjacent to an activating group) is 1. The van der Waals surface area contributed by atoms with Gasteiger partial charge < -0.3 is 16.4 Å². The minimum Gasteiger partial charge on any atom is -0.351 e. The average Bonchev–Trinajstić information content (AvgIpc) is 1.88. The number of carbonyl (C=O) groups is 1. The van der Waals surface area contributed by atoms with Crippen LogP contribution in [0.4, 0.5) is 0 Å². The summed E-state index contributed by atoms with van der Waals surface area (Å²) in [4.78, 5) is 10.8. The second kappa shape index (κ2) is 5.20. The number of hydrogen-bond acceptors (Lipinski definition) is 3. The third-order valence-electron chi connectivity index (χ3n) is 1.10. The molecule has 0 aliphatic heterocycles. The molecule has 4 nitrogen and oxygen atoms in total. The maximum absolute atomic E-state index is 10.8. The number of amides is 1. The summed E-state index contributed by atoms with van der Waals surface area (Å²) < 4.78 is 0. The standard InChI is InChI=1S/C6H15N3O/c1-5(3-7)9-6(10)4-8-2/h5,8H,3-4,7H2,1-2H3,(H,9,10)/t5-/m0/s1. The normalized spacial score (nSPS) is 12.7. The van der Waals surface area contributed by atoms with Gasteiger partial charge in [0.15, 0.2) is 0 Å². The molecule has 4 heteroatoms. The lowest BCUT2D eigenvalue weighted by atomic mass is 10.3. The van der Waals surface area contributed by atoms with Crippen molar-refractivity contribution in [3.8, 4) is 0 Å². The van der Waals surface area contributed by atoms with Crippen LogP contribution in [-0.4, -0.2) is 32.1 Å². The van der Waals surface area contributed by atoms with Gasteiger partial charge in [0.2, 0.25) is 5.91 Å². The van der Waals surface area contributed by atoms with E-state index >= 15 is 0 Å². The molecule has 4 N–H and O–H groups in total. The third kappa shape index (κ3) is 4.29. The largest absolute Gasteiger partial charge is 0.351 e. The van der Waals surface area contributed by atoms with Crippen LogP contribution in [0.5, 0.6) is 0 Å². The molecule has 0 aliphatic rings. The average molecular weight is 145 g/mol. The number of rotatable bonds is 4. The predicted molar refractivity (Wildman–Crippen MR) is 40.6 cm³/mol. The SMILES string of the molecule is CNCC(=O)N[C@@H](C)CN. The van der Waals surface area contributed by atoms with Crippen LogP contribution in [0.2, 0.25) is 0 Å². The highest BCUT2D eigenvalue weighted by atomic mass is 16.1. The van der Waals surface area contributed by atoms with Crippen LogP contribution in [0.3, 0.4) is 0 Å². The monoisotopic (exact) mass is 145 g/mol. The van der Waals surface area contributed by atoms with Gasteiger partial charge in [0, 0.05) is 12.6 Å². The van der Waals surface area contributed by atoms with Crippen molar-refractivity contribution in [3.63, 3.8) is 0 Å². The summed E-state index contributed by atoms with van der Waals surface area (Å²) in [6.07, 6.45) is 0. The van der Waals surface area contributed by atoms with E-state index in [0.717, 1.165) is 0 Å². The summed E-state index contributed by atoms with van der Waals surface area (Å²) in [5, 5.41) is 5.45. The fraction of sp³-hybridized carbons (Fsp3) is 0.833. The molecule has 10 heavy (non-hydrogen) atoms. The Labute approximate surface area is 61.2 Å². The highest BCUT2D eigenvalue weighted by molar-refractivity contribution is 5.78. The summed E-state index contributed by atoms with van der Waals surface area (Å²) in [6.45, 7) is 2.70. The Morgan fingerprint density at radius 3 is 2.70 bits per heavy atom. The fourth-order valence-corrected chi connectivity index (χ4v) is 0.545. The molecule has 0 rings (SSSR count). The molecule has 60 valence electrons. The van der Waals surface area contributed by atoms with Gasteiger partial charge in [-0.3, -0.25) is 4.79 Å². The lowest BCUT2D eigenvalue weighted by Gasteiger charge is -2.10. The quantitative estimate of drug-likeness (QED) is 0.459. The number of hydrogen-bond donors (Lipinski definition) is 3. The van der Waals surface area contributed by atoms with Gasteiger partial charge in [-0.15, -0.1) is 0 Å². The molecule has 0 unspecified atom stereocenters. The highest BCUT2D eigenvalue weighted by Crippen LogP contribution is 1.74. The second-order valence-electron chi connectivity index (χ2n) is 2.23. The molecule has 0 aliphatic carbocycles. The summed E-state index contributed by atoms with van der Waals surface area (Å²) in [7, 11) is 1.73. The Kier molecular flexibility index (Phi) is 4.88. The van der Waals surface area contributed by atoms with E-state index in [4.69, 9.17) is 5.73 Å². The van der Waals surface area contributed by atoms with E-state index in [1.165, 1.54) is 0 Å². The van der Waals surface area contributed by atoms with Crippen molar-refractivity contribution in [2.45, 2.75) is 13.0 Å². The van der Waals surface area contributed by atoms with Crippen molar-refractivity contribution in [1.29, 1.82) is 0 Å². The van der Waals surface area contributed by atoms with Crippen molar-refractivity contribution in [2.75, 3.05) is 20.1 Å². The van der Waals surface area contributed by atoms with E-state index in [1.807, 2.05) is 6.92 Å². The van der Waals surface area contributed by atoms with E-state index in [2.05, 4.69) is 10.6 Å². The van der Waals surface area contributed by atoms with Gasteiger partial charge in [-0.05, 0) is 14.0 Å². The first-order chi connectivity index (χ1) is 4.70. The van der Waals surface area contributed by atoms with Crippen LogP contribution in [0.15, 0.2) is 0 Å². The predicted octanol–water partition coefficient (Wildman–Crippen LogP) is -1.33. The zero-order chi connectivity index (χ0) is 7.98. The molecule has 0 aromatic heterocycles. The first-order valence-electron chi connectivity index (χ1n) is 3.34. The van der Waals surface area contributed by atoms with Crippen LogP contribution in [0.25, 0.3) is 0 Å². The van der Waals surface area contributed by atoms with Crippen molar-refractivity contribution in [2.24, 2.45) is 5.73 Å². The van der Waals surface area contributed by atoms with Crippen LogP contribution in [0, 0.1) is 0 Å². The Bertz CT molecular complexity index is 105. The molecule has 0 saturated carbocycles. The van der Waals surface area contributed by atoms with Gasteiger partial charge in [-0.1, -0.05) is 0 Å². The maximum Gasteiger partial charge on any atom is 0.234 e.